The Bertz CT molecular complexity index is 1320. The predicted molar refractivity (Wildman–Crippen MR) is 109 cm³/mol. The van der Waals surface area contributed by atoms with Gasteiger partial charge in [0.2, 0.25) is 0 Å². The summed E-state index contributed by atoms with van der Waals surface area (Å²) in [4.78, 5) is 8.90. The maximum atomic E-state index is 6.73. The molecule has 138 valence electrons. The molecule has 6 nitrogen and oxygen atoms in total. The van der Waals surface area contributed by atoms with Crippen LogP contribution >= 0.6 is 11.6 Å². The van der Waals surface area contributed by atoms with Crippen LogP contribution in [0.25, 0.3) is 27.8 Å². The van der Waals surface area contributed by atoms with Crippen molar-refractivity contribution < 1.29 is 0 Å². The number of halogens is 1. The van der Waals surface area contributed by atoms with Crippen LogP contribution in [0.1, 0.15) is 24.1 Å². The summed E-state index contributed by atoms with van der Waals surface area (Å²) < 4.78 is 3.65. The second-order valence-corrected chi connectivity index (χ2v) is 7.21. The van der Waals surface area contributed by atoms with Crippen LogP contribution in [0, 0.1) is 0 Å². The van der Waals surface area contributed by atoms with Crippen molar-refractivity contribution in [2.24, 2.45) is 7.05 Å². The molecular formula is C21H17ClN6. The summed E-state index contributed by atoms with van der Waals surface area (Å²) in [6.45, 7) is 2.12. The molecule has 0 aliphatic rings. The van der Waals surface area contributed by atoms with Gasteiger partial charge >= 0.3 is 0 Å². The zero-order chi connectivity index (χ0) is 19.3. The first-order chi connectivity index (χ1) is 13.6. The minimum Gasteiger partial charge on any atom is -0.275 e. The molecule has 0 fully saturated rings. The Morgan fingerprint density at radius 1 is 1.04 bits per heavy atom. The molecule has 0 aliphatic carbocycles. The summed E-state index contributed by atoms with van der Waals surface area (Å²) >= 11 is 6.73. The lowest BCUT2D eigenvalue weighted by molar-refractivity contribution is 0.767. The maximum Gasteiger partial charge on any atom is 0.153 e. The molecule has 1 atom stereocenters. The van der Waals surface area contributed by atoms with Gasteiger partial charge in [0.05, 0.1) is 34.3 Å². The van der Waals surface area contributed by atoms with Crippen LogP contribution in [0.4, 0.5) is 0 Å². The average Bonchev–Trinajstić information content (AvgIpc) is 3.33. The van der Waals surface area contributed by atoms with Crippen LogP contribution in [-0.4, -0.2) is 29.4 Å². The largest absolute Gasteiger partial charge is 0.275 e. The summed E-state index contributed by atoms with van der Waals surface area (Å²) in [5.41, 5.74) is 5.50. The highest BCUT2D eigenvalue weighted by Gasteiger charge is 2.19. The number of nitrogens with zero attached hydrogens (tertiary/aromatic N) is 6. The van der Waals surface area contributed by atoms with Crippen molar-refractivity contribution in [3.05, 3.63) is 77.5 Å². The lowest BCUT2D eigenvalue weighted by Crippen LogP contribution is -2.05. The lowest BCUT2D eigenvalue weighted by Gasteiger charge is -2.15. The fourth-order valence-corrected chi connectivity index (χ4v) is 3.91. The Kier molecular flexibility index (Phi) is 3.87. The molecule has 0 bridgehead atoms. The van der Waals surface area contributed by atoms with Crippen LogP contribution in [-0.2, 0) is 7.05 Å². The highest BCUT2D eigenvalue weighted by atomic mass is 35.5. The van der Waals surface area contributed by atoms with E-state index in [9.17, 15) is 0 Å². The number of pyridine rings is 1. The van der Waals surface area contributed by atoms with Crippen molar-refractivity contribution in [2.75, 3.05) is 0 Å². The Morgan fingerprint density at radius 2 is 1.93 bits per heavy atom. The number of imidazole rings is 1. The molecule has 1 unspecified atom stereocenters. The fraction of sp³-hybridized carbons (Fsp3) is 0.143. The minimum atomic E-state index is 0.0174. The van der Waals surface area contributed by atoms with Crippen molar-refractivity contribution in [3.8, 4) is 11.3 Å². The zero-order valence-corrected chi connectivity index (χ0v) is 16.2. The highest BCUT2D eigenvalue weighted by Crippen LogP contribution is 2.34. The van der Waals surface area contributed by atoms with Gasteiger partial charge in [-0.25, -0.2) is 9.50 Å². The molecule has 0 saturated heterocycles. The van der Waals surface area contributed by atoms with Crippen molar-refractivity contribution in [1.82, 2.24) is 29.4 Å². The predicted octanol–water partition coefficient (Wildman–Crippen LogP) is 4.48. The van der Waals surface area contributed by atoms with Crippen LogP contribution in [0.15, 0.2) is 61.2 Å². The van der Waals surface area contributed by atoms with Gasteiger partial charge in [-0.05, 0) is 35.9 Å². The molecule has 5 rings (SSSR count). The number of rotatable bonds is 3. The molecule has 4 heterocycles. The van der Waals surface area contributed by atoms with Crippen molar-refractivity contribution in [1.29, 1.82) is 0 Å². The third-order valence-electron chi connectivity index (χ3n) is 5.05. The third-order valence-corrected chi connectivity index (χ3v) is 5.47. The van der Waals surface area contributed by atoms with Gasteiger partial charge in [-0.1, -0.05) is 24.6 Å². The van der Waals surface area contributed by atoms with Crippen molar-refractivity contribution in [2.45, 2.75) is 12.8 Å². The summed E-state index contributed by atoms with van der Waals surface area (Å²) in [5, 5.41) is 10.7. The molecule has 1 aromatic carbocycles. The normalized spacial score (nSPS) is 12.7. The monoisotopic (exact) mass is 388 g/mol. The van der Waals surface area contributed by atoms with Gasteiger partial charge in [0.1, 0.15) is 0 Å². The van der Waals surface area contributed by atoms with Crippen LogP contribution in [0.2, 0.25) is 5.02 Å². The summed E-state index contributed by atoms with van der Waals surface area (Å²) in [7, 11) is 1.89. The van der Waals surface area contributed by atoms with E-state index in [0.29, 0.717) is 0 Å². The van der Waals surface area contributed by atoms with Crippen molar-refractivity contribution in [3.63, 3.8) is 0 Å². The zero-order valence-electron chi connectivity index (χ0n) is 15.4. The van der Waals surface area contributed by atoms with Gasteiger partial charge in [0, 0.05) is 36.3 Å². The molecule has 0 saturated carbocycles. The molecule has 5 aromatic rings. The van der Waals surface area contributed by atoms with Gasteiger partial charge in [-0.2, -0.15) is 10.2 Å². The molecule has 0 N–H and O–H groups in total. The third kappa shape index (κ3) is 2.65. The molecule has 0 aliphatic heterocycles. The smallest absolute Gasteiger partial charge is 0.153 e. The molecule has 28 heavy (non-hydrogen) atoms. The van der Waals surface area contributed by atoms with Crippen LogP contribution in [0.5, 0.6) is 0 Å². The molecule has 7 heteroatoms. The first-order valence-corrected chi connectivity index (χ1v) is 9.36. The van der Waals surface area contributed by atoms with E-state index in [1.54, 1.807) is 17.1 Å². The van der Waals surface area contributed by atoms with E-state index in [1.807, 2.05) is 60.4 Å². The van der Waals surface area contributed by atoms with Crippen LogP contribution < -0.4 is 0 Å². The van der Waals surface area contributed by atoms with E-state index < -0.39 is 0 Å². The summed E-state index contributed by atoms with van der Waals surface area (Å²) in [5.74, 6) is 0.0174. The number of aryl methyl sites for hydroxylation is 1. The number of benzene rings is 1. The van der Waals surface area contributed by atoms with Gasteiger partial charge in [0.15, 0.2) is 5.65 Å². The van der Waals surface area contributed by atoms with E-state index in [-0.39, 0.29) is 5.92 Å². The Morgan fingerprint density at radius 3 is 2.75 bits per heavy atom. The first-order valence-electron chi connectivity index (χ1n) is 8.98. The van der Waals surface area contributed by atoms with Crippen LogP contribution in [0.3, 0.4) is 0 Å². The molecule has 0 radical (unpaired) electrons. The van der Waals surface area contributed by atoms with Gasteiger partial charge in [-0.15, -0.1) is 0 Å². The van der Waals surface area contributed by atoms with E-state index in [4.69, 9.17) is 16.7 Å². The van der Waals surface area contributed by atoms with Gasteiger partial charge in [-0.3, -0.25) is 9.67 Å². The number of hydrogen-bond acceptors (Lipinski definition) is 4. The molecular weight excluding hydrogens is 372 g/mol. The second kappa shape index (κ2) is 6.42. The number of aromatic nitrogens is 6. The van der Waals surface area contributed by atoms with E-state index >= 15 is 0 Å². The Balaban J connectivity index is 1.63. The maximum absolute atomic E-state index is 6.73. The quantitative estimate of drug-likeness (QED) is 0.457. The number of hydrogen-bond donors (Lipinski definition) is 0. The first kappa shape index (κ1) is 16.9. The minimum absolute atomic E-state index is 0.0174. The molecule has 4 aromatic heterocycles. The van der Waals surface area contributed by atoms with Crippen molar-refractivity contribution >= 4 is 28.2 Å². The Labute approximate surface area is 166 Å². The van der Waals surface area contributed by atoms with E-state index in [0.717, 1.165) is 44.1 Å². The topological polar surface area (TPSA) is 60.9 Å². The van der Waals surface area contributed by atoms with Gasteiger partial charge < -0.3 is 0 Å². The number of fused-ring (bicyclic) bond motifs is 2. The standard InChI is InChI=1S/C21H17ClN6/c1-13(15-5-6-18-16(21(15)22)4-3-9-23-18)19-11-24-20-8-7-17(26-28(19)20)14-10-25-27(2)12-14/h3-13H,1-2H3. The molecule has 0 amide bonds. The second-order valence-electron chi connectivity index (χ2n) is 6.83. The van der Waals surface area contributed by atoms with E-state index in [2.05, 4.69) is 22.0 Å². The average molecular weight is 389 g/mol. The van der Waals surface area contributed by atoms with E-state index in [1.165, 1.54) is 0 Å². The summed E-state index contributed by atoms with van der Waals surface area (Å²) in [6.07, 6.45) is 7.39. The molecule has 0 spiro atoms. The highest BCUT2D eigenvalue weighted by molar-refractivity contribution is 6.36. The SMILES string of the molecule is CC(c1ccc2ncccc2c1Cl)c1cnc2ccc(-c3cnn(C)c3)nn12. The summed E-state index contributed by atoms with van der Waals surface area (Å²) in [6, 6.07) is 11.9. The lowest BCUT2D eigenvalue weighted by atomic mass is 9.96. The van der Waals surface area contributed by atoms with Gasteiger partial charge in [0.25, 0.3) is 0 Å². The fourth-order valence-electron chi connectivity index (χ4n) is 3.52. The Hall–Kier alpha value is -3.25.